The Morgan fingerprint density at radius 3 is 2.24 bits per heavy atom. The Balaban J connectivity index is 1.78. The van der Waals surface area contributed by atoms with E-state index in [1.54, 1.807) is 11.8 Å². The maximum absolute atomic E-state index is 12.3. The molecular weight excluding hydrogens is 340 g/mol. The Morgan fingerprint density at radius 1 is 1.08 bits per heavy atom. The number of hydrogen-bond donors (Lipinski definition) is 2. The summed E-state index contributed by atoms with van der Waals surface area (Å²) in [5.74, 6) is 0.231. The number of nitrogens with one attached hydrogen (secondary N) is 2. The van der Waals surface area contributed by atoms with Gasteiger partial charge in [-0.3, -0.25) is 4.79 Å². The number of nitrogens with zero attached hydrogens (tertiary/aromatic N) is 2. The van der Waals surface area contributed by atoms with Crippen LogP contribution in [-0.2, 0) is 4.79 Å². The van der Waals surface area contributed by atoms with Crippen LogP contribution in [-0.4, -0.2) is 55.6 Å². The number of piperazine rings is 1. The smallest absolute Gasteiger partial charge is 0.318 e. The number of anilines is 1. The zero-order chi connectivity index (χ0) is 18.4. The molecule has 1 atom stereocenters. The van der Waals surface area contributed by atoms with Gasteiger partial charge in [0.1, 0.15) is 6.04 Å². The number of rotatable bonds is 5. The van der Waals surface area contributed by atoms with E-state index >= 15 is 0 Å². The molecule has 1 aromatic rings. The van der Waals surface area contributed by atoms with Crippen molar-refractivity contribution >= 4 is 29.2 Å². The Hall–Kier alpha value is -1.95. The van der Waals surface area contributed by atoms with E-state index in [0.717, 1.165) is 18.8 Å². The fourth-order valence-electron chi connectivity index (χ4n) is 2.62. The minimum Gasteiger partial charge on any atom is -0.368 e. The fraction of sp³-hybridized carbons (Fsp3) is 0.556. The van der Waals surface area contributed by atoms with Crippen LogP contribution >= 0.6 is 11.6 Å². The van der Waals surface area contributed by atoms with Gasteiger partial charge in [-0.05, 0) is 37.1 Å². The van der Waals surface area contributed by atoms with Crippen LogP contribution in [0.4, 0.5) is 10.5 Å². The van der Waals surface area contributed by atoms with Crippen LogP contribution in [0.2, 0.25) is 5.02 Å². The first kappa shape index (κ1) is 19.4. The number of urea groups is 1. The predicted molar refractivity (Wildman–Crippen MR) is 101 cm³/mol. The lowest BCUT2D eigenvalue weighted by atomic mass is 10.2. The molecule has 3 amide bonds. The lowest BCUT2D eigenvalue weighted by molar-refractivity contribution is -0.122. The fourth-order valence-corrected chi connectivity index (χ4v) is 2.75. The predicted octanol–water partition coefficient (Wildman–Crippen LogP) is 2.33. The van der Waals surface area contributed by atoms with Gasteiger partial charge < -0.3 is 20.4 Å². The molecule has 25 heavy (non-hydrogen) atoms. The maximum Gasteiger partial charge on any atom is 0.318 e. The van der Waals surface area contributed by atoms with E-state index in [4.69, 9.17) is 11.6 Å². The van der Waals surface area contributed by atoms with Crippen molar-refractivity contribution < 1.29 is 9.59 Å². The molecule has 0 unspecified atom stereocenters. The minimum atomic E-state index is -0.541. The molecule has 1 aromatic carbocycles. The number of halogens is 1. The largest absolute Gasteiger partial charge is 0.368 e. The van der Waals surface area contributed by atoms with E-state index in [1.165, 1.54) is 0 Å². The third-order valence-electron chi connectivity index (χ3n) is 4.18. The van der Waals surface area contributed by atoms with Crippen LogP contribution in [0.25, 0.3) is 0 Å². The Labute approximate surface area is 154 Å². The first-order chi connectivity index (χ1) is 11.9. The van der Waals surface area contributed by atoms with E-state index in [2.05, 4.69) is 15.5 Å². The highest BCUT2D eigenvalue weighted by molar-refractivity contribution is 6.30. The molecule has 0 saturated carbocycles. The highest BCUT2D eigenvalue weighted by Crippen LogP contribution is 2.19. The Kier molecular flexibility index (Phi) is 6.93. The van der Waals surface area contributed by atoms with E-state index in [9.17, 15) is 9.59 Å². The van der Waals surface area contributed by atoms with Crippen molar-refractivity contribution in [1.82, 2.24) is 15.5 Å². The summed E-state index contributed by atoms with van der Waals surface area (Å²) < 4.78 is 0. The number of amides is 3. The normalized spacial score (nSPS) is 15.9. The molecule has 7 heteroatoms. The first-order valence-electron chi connectivity index (χ1n) is 8.70. The second-order valence-electron chi connectivity index (χ2n) is 6.76. The van der Waals surface area contributed by atoms with Crippen LogP contribution in [0.1, 0.15) is 20.8 Å². The number of carbonyl (C=O) groups is 2. The van der Waals surface area contributed by atoms with E-state index in [-0.39, 0.29) is 11.9 Å². The zero-order valence-electron chi connectivity index (χ0n) is 15.1. The van der Waals surface area contributed by atoms with Crippen molar-refractivity contribution in [2.24, 2.45) is 5.92 Å². The topological polar surface area (TPSA) is 64.7 Å². The molecular formula is C18H27ClN4O2. The van der Waals surface area contributed by atoms with Crippen LogP contribution in [0.5, 0.6) is 0 Å². The summed E-state index contributed by atoms with van der Waals surface area (Å²) in [6, 6.07) is 6.97. The minimum absolute atomic E-state index is 0.151. The summed E-state index contributed by atoms with van der Waals surface area (Å²) in [7, 11) is 0. The molecule has 6 nitrogen and oxygen atoms in total. The molecule has 2 N–H and O–H groups in total. The molecule has 1 aliphatic heterocycles. The lowest BCUT2D eigenvalue weighted by Gasteiger charge is -2.36. The quantitative estimate of drug-likeness (QED) is 0.840. The van der Waals surface area contributed by atoms with Crippen molar-refractivity contribution in [3.05, 3.63) is 29.3 Å². The van der Waals surface area contributed by atoms with Crippen LogP contribution in [0.3, 0.4) is 0 Å². The van der Waals surface area contributed by atoms with Gasteiger partial charge in [0.25, 0.3) is 0 Å². The average molecular weight is 367 g/mol. The van der Waals surface area contributed by atoms with Gasteiger partial charge >= 0.3 is 6.03 Å². The van der Waals surface area contributed by atoms with Gasteiger partial charge in [-0.15, -0.1) is 0 Å². The highest BCUT2D eigenvalue weighted by Gasteiger charge is 2.24. The maximum atomic E-state index is 12.3. The Bertz CT molecular complexity index is 583. The summed E-state index contributed by atoms with van der Waals surface area (Å²) in [6.45, 7) is 9.12. The van der Waals surface area contributed by atoms with Crippen molar-refractivity contribution in [2.45, 2.75) is 26.8 Å². The standard InChI is InChI=1S/C18H27ClN4O2/c1-13(2)12-20-17(24)14(3)21-18(25)23-10-8-22(9-11-23)16-6-4-15(19)5-7-16/h4-7,13-14H,8-12H2,1-3H3,(H,20,24)(H,21,25)/t14-/m1/s1. The molecule has 138 valence electrons. The first-order valence-corrected chi connectivity index (χ1v) is 9.08. The van der Waals surface area contributed by atoms with Gasteiger partial charge in [-0.1, -0.05) is 25.4 Å². The molecule has 2 rings (SSSR count). The summed E-state index contributed by atoms with van der Waals surface area (Å²) >= 11 is 5.92. The van der Waals surface area contributed by atoms with Gasteiger partial charge in [0.15, 0.2) is 0 Å². The molecule has 1 fully saturated rings. The van der Waals surface area contributed by atoms with Gasteiger partial charge in [-0.2, -0.15) is 0 Å². The van der Waals surface area contributed by atoms with Gasteiger partial charge in [-0.25, -0.2) is 4.79 Å². The lowest BCUT2D eigenvalue weighted by Crippen LogP contribution is -2.55. The molecule has 0 radical (unpaired) electrons. The van der Waals surface area contributed by atoms with Crippen LogP contribution < -0.4 is 15.5 Å². The molecule has 1 aliphatic rings. The zero-order valence-corrected chi connectivity index (χ0v) is 15.8. The molecule has 0 aromatic heterocycles. The number of benzene rings is 1. The summed E-state index contributed by atoms with van der Waals surface area (Å²) in [4.78, 5) is 28.3. The van der Waals surface area contributed by atoms with E-state index in [1.807, 2.05) is 38.1 Å². The molecule has 0 bridgehead atoms. The van der Waals surface area contributed by atoms with Crippen molar-refractivity contribution in [3.63, 3.8) is 0 Å². The third-order valence-corrected chi connectivity index (χ3v) is 4.43. The summed E-state index contributed by atoms with van der Waals surface area (Å²) in [5.41, 5.74) is 1.10. The number of hydrogen-bond acceptors (Lipinski definition) is 3. The van der Waals surface area contributed by atoms with Crippen LogP contribution in [0.15, 0.2) is 24.3 Å². The summed E-state index contributed by atoms with van der Waals surface area (Å²) in [5, 5.41) is 6.32. The van der Waals surface area contributed by atoms with E-state index in [0.29, 0.717) is 30.6 Å². The molecule has 0 spiro atoms. The number of carbonyl (C=O) groups excluding carboxylic acids is 2. The average Bonchev–Trinajstić information content (AvgIpc) is 2.60. The SMILES string of the molecule is CC(C)CNC(=O)[C@@H](C)NC(=O)N1CCN(c2ccc(Cl)cc2)CC1. The highest BCUT2D eigenvalue weighted by atomic mass is 35.5. The van der Waals surface area contributed by atoms with Gasteiger partial charge in [0.2, 0.25) is 5.91 Å². The van der Waals surface area contributed by atoms with Gasteiger partial charge in [0.05, 0.1) is 0 Å². The molecule has 0 aliphatic carbocycles. The van der Waals surface area contributed by atoms with Crippen molar-refractivity contribution in [2.75, 3.05) is 37.6 Å². The second-order valence-corrected chi connectivity index (χ2v) is 7.20. The Morgan fingerprint density at radius 2 is 1.68 bits per heavy atom. The monoisotopic (exact) mass is 366 g/mol. The summed E-state index contributed by atoms with van der Waals surface area (Å²) in [6.07, 6.45) is 0. The van der Waals surface area contributed by atoms with Crippen molar-refractivity contribution in [1.29, 1.82) is 0 Å². The van der Waals surface area contributed by atoms with E-state index < -0.39 is 6.04 Å². The third kappa shape index (κ3) is 5.81. The van der Waals surface area contributed by atoms with Crippen molar-refractivity contribution in [3.8, 4) is 0 Å². The van der Waals surface area contributed by atoms with Crippen LogP contribution in [0, 0.1) is 5.92 Å². The second kappa shape index (κ2) is 8.94. The van der Waals surface area contributed by atoms with Gasteiger partial charge in [0, 0.05) is 43.4 Å². The molecule has 1 saturated heterocycles. The molecule has 1 heterocycles.